The quantitative estimate of drug-likeness (QED) is 0.446. The predicted molar refractivity (Wildman–Crippen MR) is 133 cm³/mol. The summed E-state index contributed by atoms with van der Waals surface area (Å²) in [7, 11) is 3.13. The molecule has 0 fully saturated rings. The van der Waals surface area contributed by atoms with Crippen LogP contribution in [0.15, 0.2) is 84.1 Å². The fourth-order valence-corrected chi connectivity index (χ4v) is 3.91. The Bertz CT molecular complexity index is 1240. The van der Waals surface area contributed by atoms with Crippen LogP contribution in [0.25, 0.3) is 0 Å². The molecule has 0 unspecified atom stereocenters. The number of methoxy groups -OCH3 is 2. The molecule has 1 heterocycles. The molecule has 1 aliphatic heterocycles. The first-order chi connectivity index (χ1) is 17.0. The number of benzene rings is 3. The zero-order chi connectivity index (χ0) is 24.8. The number of carbonyl (C=O) groups excluding carboxylic acids is 2. The molecule has 0 saturated heterocycles. The van der Waals surface area contributed by atoms with Crippen LogP contribution in [0.1, 0.15) is 24.1 Å². The number of ether oxygens (including phenoxy) is 3. The highest BCUT2D eigenvalue weighted by Gasteiger charge is 2.34. The van der Waals surface area contributed by atoms with Gasteiger partial charge in [0.15, 0.2) is 11.5 Å². The zero-order valence-corrected chi connectivity index (χ0v) is 19.8. The maximum absolute atomic E-state index is 13.4. The van der Waals surface area contributed by atoms with Gasteiger partial charge in [-0.25, -0.2) is 4.79 Å². The van der Waals surface area contributed by atoms with E-state index in [0.29, 0.717) is 46.4 Å². The molecule has 0 spiro atoms. The number of carbonyl (C=O) groups is 2. The highest BCUT2D eigenvalue weighted by molar-refractivity contribution is 6.07. The topological polar surface area (TPSA) is 97.9 Å². The summed E-state index contributed by atoms with van der Waals surface area (Å²) in [4.78, 5) is 25.8. The lowest BCUT2D eigenvalue weighted by Crippen LogP contribution is -2.46. The molecule has 3 aromatic rings. The standard InChI is InChI=1S/C27H27N3O5/c1-17-23(26(31)29-19-12-14-20(33-2)15-13-19)24(30-27(32)28-17)21-10-7-11-22(34-3)25(21)35-16-18-8-5-4-6-9-18/h4-15,24H,16H2,1-3H3,(H,29,31)(H2,28,30,32)/t24-/m0/s1. The van der Waals surface area contributed by atoms with Crippen molar-refractivity contribution in [2.45, 2.75) is 19.6 Å². The van der Waals surface area contributed by atoms with E-state index in [-0.39, 0.29) is 5.91 Å². The summed E-state index contributed by atoms with van der Waals surface area (Å²) in [5.41, 5.74) is 2.98. The number of rotatable bonds is 8. The molecule has 8 heteroatoms. The molecule has 0 aromatic heterocycles. The molecule has 4 rings (SSSR count). The maximum atomic E-state index is 13.4. The van der Waals surface area contributed by atoms with Crippen molar-refractivity contribution in [2.75, 3.05) is 19.5 Å². The van der Waals surface area contributed by atoms with E-state index >= 15 is 0 Å². The van der Waals surface area contributed by atoms with E-state index in [1.165, 1.54) is 0 Å². The second kappa shape index (κ2) is 10.6. The molecule has 3 amide bonds. The molecule has 3 aromatic carbocycles. The van der Waals surface area contributed by atoms with E-state index in [9.17, 15) is 9.59 Å². The Morgan fingerprint density at radius 3 is 2.37 bits per heavy atom. The highest BCUT2D eigenvalue weighted by atomic mass is 16.5. The lowest BCUT2D eigenvalue weighted by molar-refractivity contribution is -0.113. The van der Waals surface area contributed by atoms with E-state index < -0.39 is 12.1 Å². The minimum atomic E-state index is -0.761. The Kier molecular flexibility index (Phi) is 7.21. The predicted octanol–water partition coefficient (Wildman–Crippen LogP) is 4.55. The van der Waals surface area contributed by atoms with Gasteiger partial charge in [0, 0.05) is 16.9 Å². The molecule has 3 N–H and O–H groups in total. The summed E-state index contributed by atoms with van der Waals surface area (Å²) >= 11 is 0. The molecule has 8 nitrogen and oxygen atoms in total. The van der Waals surface area contributed by atoms with Gasteiger partial charge in [0.05, 0.1) is 25.8 Å². The maximum Gasteiger partial charge on any atom is 0.319 e. The molecule has 1 aliphatic rings. The van der Waals surface area contributed by atoms with Crippen LogP contribution < -0.4 is 30.2 Å². The monoisotopic (exact) mass is 473 g/mol. The van der Waals surface area contributed by atoms with Gasteiger partial charge in [0.1, 0.15) is 12.4 Å². The van der Waals surface area contributed by atoms with Crippen LogP contribution in [0, 0.1) is 0 Å². The number of amides is 3. The van der Waals surface area contributed by atoms with Gasteiger partial charge in [-0.15, -0.1) is 0 Å². The van der Waals surface area contributed by atoms with Gasteiger partial charge < -0.3 is 30.2 Å². The van der Waals surface area contributed by atoms with E-state index in [1.54, 1.807) is 57.5 Å². The molecule has 1 atom stereocenters. The first-order valence-corrected chi connectivity index (χ1v) is 11.1. The van der Waals surface area contributed by atoms with E-state index in [2.05, 4.69) is 16.0 Å². The lowest BCUT2D eigenvalue weighted by atomic mass is 9.93. The smallest absolute Gasteiger partial charge is 0.319 e. The Morgan fingerprint density at radius 1 is 0.943 bits per heavy atom. The van der Waals surface area contributed by atoms with Crippen LogP contribution in [0.5, 0.6) is 17.2 Å². The van der Waals surface area contributed by atoms with Crippen molar-refractivity contribution in [3.05, 3.63) is 95.2 Å². The normalized spacial score (nSPS) is 15.1. The van der Waals surface area contributed by atoms with Gasteiger partial charge in [-0.2, -0.15) is 0 Å². The Labute approximate surface area is 203 Å². The van der Waals surface area contributed by atoms with Crippen LogP contribution in [0.4, 0.5) is 10.5 Å². The Morgan fingerprint density at radius 2 is 1.69 bits per heavy atom. The molecular weight excluding hydrogens is 446 g/mol. The molecule has 180 valence electrons. The van der Waals surface area contributed by atoms with Crippen molar-refractivity contribution >= 4 is 17.6 Å². The molecule has 0 saturated carbocycles. The second-order valence-corrected chi connectivity index (χ2v) is 7.91. The van der Waals surface area contributed by atoms with Crippen LogP contribution in [-0.4, -0.2) is 26.2 Å². The fraction of sp³-hybridized carbons (Fsp3) is 0.185. The molecule has 35 heavy (non-hydrogen) atoms. The van der Waals surface area contributed by atoms with Gasteiger partial charge >= 0.3 is 6.03 Å². The number of para-hydroxylation sites is 1. The summed E-state index contributed by atoms with van der Waals surface area (Å²) in [5.74, 6) is 1.27. The number of urea groups is 1. The average molecular weight is 474 g/mol. The zero-order valence-electron chi connectivity index (χ0n) is 19.8. The van der Waals surface area contributed by atoms with E-state index in [1.807, 2.05) is 36.4 Å². The van der Waals surface area contributed by atoms with Crippen molar-refractivity contribution in [1.29, 1.82) is 0 Å². The first kappa shape index (κ1) is 23.7. The van der Waals surface area contributed by atoms with Gasteiger partial charge in [-0.05, 0) is 42.8 Å². The minimum absolute atomic E-state index is 0.295. The summed E-state index contributed by atoms with van der Waals surface area (Å²) in [5, 5.41) is 8.46. The van der Waals surface area contributed by atoms with Crippen molar-refractivity contribution in [2.24, 2.45) is 0 Å². The summed E-state index contributed by atoms with van der Waals surface area (Å²) in [6.45, 7) is 1.99. The SMILES string of the molecule is COc1ccc(NC(=O)C2=C(C)NC(=O)N[C@H]2c2cccc(OC)c2OCc2ccccc2)cc1. The van der Waals surface area contributed by atoms with Gasteiger partial charge in [-0.1, -0.05) is 42.5 Å². The van der Waals surface area contributed by atoms with E-state index in [4.69, 9.17) is 14.2 Å². The largest absolute Gasteiger partial charge is 0.497 e. The Balaban J connectivity index is 1.68. The number of allylic oxidation sites excluding steroid dienone is 1. The third-order valence-corrected chi connectivity index (χ3v) is 5.63. The number of hydrogen-bond acceptors (Lipinski definition) is 5. The number of nitrogens with one attached hydrogen (secondary N) is 3. The third kappa shape index (κ3) is 5.38. The minimum Gasteiger partial charge on any atom is -0.497 e. The van der Waals surface area contributed by atoms with Crippen molar-refractivity contribution in [1.82, 2.24) is 10.6 Å². The van der Waals surface area contributed by atoms with Crippen molar-refractivity contribution in [3.8, 4) is 17.2 Å². The van der Waals surface area contributed by atoms with Crippen LogP contribution >= 0.6 is 0 Å². The van der Waals surface area contributed by atoms with Crippen LogP contribution in [0.2, 0.25) is 0 Å². The molecule has 0 bridgehead atoms. The number of anilines is 1. The van der Waals surface area contributed by atoms with Crippen molar-refractivity contribution < 1.29 is 23.8 Å². The van der Waals surface area contributed by atoms with Gasteiger partial charge in [0.2, 0.25) is 0 Å². The summed E-state index contributed by atoms with van der Waals surface area (Å²) < 4.78 is 16.9. The van der Waals surface area contributed by atoms with Crippen molar-refractivity contribution in [3.63, 3.8) is 0 Å². The molecule has 0 aliphatic carbocycles. The van der Waals surface area contributed by atoms with Crippen LogP contribution in [0.3, 0.4) is 0 Å². The highest BCUT2D eigenvalue weighted by Crippen LogP contribution is 2.39. The summed E-state index contributed by atoms with van der Waals surface area (Å²) in [6.07, 6.45) is 0. The fourth-order valence-electron chi connectivity index (χ4n) is 3.91. The number of hydrogen-bond donors (Lipinski definition) is 3. The third-order valence-electron chi connectivity index (χ3n) is 5.63. The van der Waals surface area contributed by atoms with E-state index in [0.717, 1.165) is 5.56 Å². The van der Waals surface area contributed by atoms with Gasteiger partial charge in [0.25, 0.3) is 5.91 Å². The average Bonchev–Trinajstić information content (AvgIpc) is 2.87. The second-order valence-electron chi connectivity index (χ2n) is 7.91. The molecule has 0 radical (unpaired) electrons. The Hall–Kier alpha value is -4.46. The lowest BCUT2D eigenvalue weighted by Gasteiger charge is -2.30. The van der Waals surface area contributed by atoms with Crippen LogP contribution in [-0.2, 0) is 11.4 Å². The van der Waals surface area contributed by atoms with Gasteiger partial charge in [-0.3, -0.25) is 4.79 Å². The molecular formula is C27H27N3O5. The first-order valence-electron chi connectivity index (χ1n) is 11.1. The summed E-state index contributed by atoms with van der Waals surface area (Å²) in [6, 6.07) is 20.9.